The lowest BCUT2D eigenvalue weighted by atomic mass is 10.1. The molecule has 0 saturated heterocycles. The zero-order chi connectivity index (χ0) is 19.2. The van der Waals surface area contributed by atoms with Gasteiger partial charge in [-0.2, -0.15) is 43.5 Å². The highest BCUT2D eigenvalue weighted by molar-refractivity contribution is 7.86. The molecule has 0 aliphatic carbocycles. The Morgan fingerprint density at radius 2 is 1.25 bits per heavy atom. The van der Waals surface area contributed by atoms with Gasteiger partial charge in [-0.1, -0.05) is 0 Å². The van der Waals surface area contributed by atoms with Crippen molar-refractivity contribution in [1.29, 1.82) is 0 Å². The van der Waals surface area contributed by atoms with Crippen LogP contribution in [0.25, 0.3) is 0 Å². The number of halogens is 8. The molecular formula is C10H6F8O5S. The van der Waals surface area contributed by atoms with E-state index in [2.05, 4.69) is 4.74 Å². The summed E-state index contributed by atoms with van der Waals surface area (Å²) in [5, 5.41) is 2.20. The first kappa shape index (κ1) is 20.4. The Hall–Kier alpha value is -1.67. The summed E-state index contributed by atoms with van der Waals surface area (Å²) in [5.74, 6) is -6.29. The van der Waals surface area contributed by atoms with Crippen LogP contribution >= 0.6 is 0 Å². The van der Waals surface area contributed by atoms with Gasteiger partial charge >= 0.3 is 33.5 Å². The summed E-state index contributed by atoms with van der Waals surface area (Å²) < 4.78 is 135. The third-order valence-electron chi connectivity index (χ3n) is 2.51. The number of alkyl halides is 8. The predicted octanol–water partition coefficient (Wildman–Crippen LogP) is 3.17. The Balaban J connectivity index is 3.26. The van der Waals surface area contributed by atoms with Crippen LogP contribution in [0.1, 0.15) is 5.56 Å². The number of hydrogen-bond acceptors (Lipinski definition) is 4. The molecule has 0 aliphatic rings. The number of phenols is 1. The maximum Gasteiger partial charge on any atom is 0.460 e. The molecule has 0 atom stereocenters. The predicted molar refractivity (Wildman–Crippen MR) is 59.5 cm³/mol. The van der Waals surface area contributed by atoms with E-state index in [-0.39, 0.29) is 12.1 Å². The summed E-state index contributed by atoms with van der Waals surface area (Å²) in [7, 11) is -6.97. The van der Waals surface area contributed by atoms with Crippen molar-refractivity contribution < 1.29 is 57.9 Å². The maximum atomic E-state index is 13.5. The molecule has 0 fully saturated rings. The van der Waals surface area contributed by atoms with Crippen molar-refractivity contribution in [2.45, 2.75) is 23.4 Å². The quantitative estimate of drug-likeness (QED) is 0.576. The summed E-state index contributed by atoms with van der Waals surface area (Å²) in [6.45, 7) is 0. The lowest BCUT2D eigenvalue weighted by Crippen LogP contribution is -2.55. The average molecular weight is 390 g/mol. The van der Waals surface area contributed by atoms with Gasteiger partial charge in [0.1, 0.15) is 5.75 Å². The molecule has 0 unspecified atom stereocenters. The first-order chi connectivity index (χ1) is 10.5. The number of rotatable bonds is 6. The standard InChI is InChI=1S/C10H6F8O5S/c11-7(12,5-1-3-6(19)4-2-5)8(13,14)23-9(15,16)10(17,18)24(20,21)22/h1-4,19H,(H,20,21,22). The van der Waals surface area contributed by atoms with Gasteiger partial charge in [0.05, 0.1) is 0 Å². The van der Waals surface area contributed by atoms with Crippen LogP contribution in [-0.4, -0.2) is 35.5 Å². The minimum atomic E-state index is -6.97. The number of benzene rings is 1. The smallest absolute Gasteiger partial charge is 0.460 e. The molecule has 2 N–H and O–H groups in total. The fourth-order valence-corrected chi connectivity index (χ4v) is 1.62. The lowest BCUT2D eigenvalue weighted by molar-refractivity contribution is -0.459. The highest BCUT2D eigenvalue weighted by Crippen LogP contribution is 2.50. The number of phenolic OH excluding ortho intramolecular Hbond substituents is 1. The van der Waals surface area contributed by atoms with E-state index >= 15 is 0 Å². The number of hydrogen-bond donors (Lipinski definition) is 2. The Morgan fingerprint density at radius 1 is 0.833 bits per heavy atom. The van der Waals surface area contributed by atoms with E-state index < -0.39 is 44.8 Å². The molecule has 24 heavy (non-hydrogen) atoms. The summed E-state index contributed by atoms with van der Waals surface area (Å²) in [6, 6.07) is 1.24. The van der Waals surface area contributed by atoms with Crippen molar-refractivity contribution in [1.82, 2.24) is 0 Å². The number of ether oxygens (including phenoxy) is 1. The number of aromatic hydroxyl groups is 1. The van der Waals surface area contributed by atoms with E-state index in [4.69, 9.17) is 9.66 Å². The van der Waals surface area contributed by atoms with E-state index in [1.807, 2.05) is 0 Å². The molecule has 0 radical (unpaired) electrons. The Morgan fingerprint density at radius 3 is 1.62 bits per heavy atom. The molecule has 1 rings (SSSR count). The van der Waals surface area contributed by atoms with Gasteiger partial charge < -0.3 is 5.11 Å². The van der Waals surface area contributed by atoms with E-state index in [9.17, 15) is 43.5 Å². The van der Waals surface area contributed by atoms with Gasteiger partial charge in [0, 0.05) is 5.56 Å². The van der Waals surface area contributed by atoms with Gasteiger partial charge in [0.25, 0.3) is 0 Å². The van der Waals surface area contributed by atoms with Gasteiger partial charge in [-0.05, 0) is 24.3 Å². The van der Waals surface area contributed by atoms with Crippen LogP contribution in [-0.2, 0) is 20.8 Å². The second-order valence-electron chi connectivity index (χ2n) is 4.25. The highest BCUT2D eigenvalue weighted by Gasteiger charge is 2.74. The molecule has 1 aromatic rings. The van der Waals surface area contributed by atoms with Crippen molar-refractivity contribution >= 4 is 10.1 Å². The fourth-order valence-electron chi connectivity index (χ4n) is 1.27. The van der Waals surface area contributed by atoms with Crippen molar-refractivity contribution in [3.63, 3.8) is 0 Å². The van der Waals surface area contributed by atoms with Crippen LogP contribution in [0.4, 0.5) is 35.1 Å². The van der Waals surface area contributed by atoms with Crippen LogP contribution in [0.15, 0.2) is 24.3 Å². The molecule has 0 aromatic heterocycles. The molecule has 0 aliphatic heterocycles. The Labute approximate surface area is 128 Å². The van der Waals surface area contributed by atoms with Crippen molar-refractivity contribution in [3.05, 3.63) is 29.8 Å². The average Bonchev–Trinajstić information content (AvgIpc) is 2.36. The first-order valence-corrected chi connectivity index (χ1v) is 6.88. The molecule has 0 bridgehead atoms. The van der Waals surface area contributed by atoms with Crippen LogP contribution < -0.4 is 0 Å². The summed E-state index contributed by atoms with van der Waals surface area (Å²) >= 11 is 0. The molecule has 5 nitrogen and oxygen atoms in total. The van der Waals surface area contributed by atoms with Crippen molar-refractivity contribution in [2.75, 3.05) is 0 Å². The highest BCUT2D eigenvalue weighted by atomic mass is 32.2. The van der Waals surface area contributed by atoms with Crippen LogP contribution in [0, 0.1) is 0 Å². The van der Waals surface area contributed by atoms with E-state index in [1.54, 1.807) is 0 Å². The van der Waals surface area contributed by atoms with E-state index in [0.29, 0.717) is 12.1 Å². The molecule has 0 amide bonds. The minimum Gasteiger partial charge on any atom is -0.508 e. The molecular weight excluding hydrogens is 384 g/mol. The Bertz CT molecular complexity index is 700. The third-order valence-corrected chi connectivity index (χ3v) is 3.40. The third kappa shape index (κ3) is 3.39. The lowest BCUT2D eigenvalue weighted by Gasteiger charge is -2.31. The Kier molecular flexibility index (Phi) is 4.84. The zero-order valence-electron chi connectivity index (χ0n) is 10.9. The van der Waals surface area contributed by atoms with Crippen molar-refractivity contribution in [2.24, 2.45) is 0 Å². The van der Waals surface area contributed by atoms with Crippen LogP contribution in [0.5, 0.6) is 5.75 Å². The van der Waals surface area contributed by atoms with E-state index in [1.165, 1.54) is 0 Å². The van der Waals surface area contributed by atoms with Crippen LogP contribution in [0.2, 0.25) is 0 Å². The van der Waals surface area contributed by atoms with Crippen LogP contribution in [0.3, 0.4) is 0 Å². The fraction of sp³-hybridized carbons (Fsp3) is 0.400. The SMILES string of the molecule is O=S(=O)(O)C(F)(F)C(F)(F)OC(F)(F)C(F)(F)c1ccc(O)cc1. The molecule has 0 spiro atoms. The van der Waals surface area contributed by atoms with Gasteiger partial charge in [-0.3, -0.25) is 4.55 Å². The molecule has 138 valence electrons. The normalized spacial score (nSPS) is 14.7. The summed E-state index contributed by atoms with van der Waals surface area (Å²) in [4.78, 5) is 0. The largest absolute Gasteiger partial charge is 0.508 e. The monoisotopic (exact) mass is 390 g/mol. The van der Waals surface area contributed by atoms with Gasteiger partial charge in [-0.15, -0.1) is 0 Å². The minimum absolute atomic E-state index is 0.158. The molecule has 0 heterocycles. The maximum absolute atomic E-state index is 13.5. The second-order valence-corrected chi connectivity index (χ2v) is 5.71. The van der Waals surface area contributed by atoms with Gasteiger partial charge in [0.15, 0.2) is 0 Å². The second kappa shape index (κ2) is 5.70. The molecule has 14 heteroatoms. The van der Waals surface area contributed by atoms with E-state index in [0.717, 1.165) is 0 Å². The molecule has 1 aromatic carbocycles. The topological polar surface area (TPSA) is 83.8 Å². The first-order valence-electron chi connectivity index (χ1n) is 5.44. The molecule has 0 saturated carbocycles. The van der Waals surface area contributed by atoms with Gasteiger partial charge in [0.2, 0.25) is 0 Å². The van der Waals surface area contributed by atoms with Gasteiger partial charge in [-0.25, -0.2) is 4.74 Å². The summed E-state index contributed by atoms with van der Waals surface area (Å²) in [5.41, 5.74) is -1.71. The van der Waals surface area contributed by atoms with Crippen molar-refractivity contribution in [3.8, 4) is 5.75 Å². The summed E-state index contributed by atoms with van der Waals surface area (Å²) in [6.07, 6.45) is -13.0. The zero-order valence-corrected chi connectivity index (χ0v) is 11.7.